The third-order valence-electron chi connectivity index (χ3n) is 4.83. The Kier molecular flexibility index (Phi) is 5.49. The average molecular weight is 368 g/mol. The second-order valence-corrected chi connectivity index (χ2v) is 7.06. The van der Waals surface area contributed by atoms with Crippen molar-refractivity contribution >= 4 is 11.9 Å². The van der Waals surface area contributed by atoms with Crippen molar-refractivity contribution in [1.29, 1.82) is 0 Å². The van der Waals surface area contributed by atoms with Crippen molar-refractivity contribution in [2.75, 3.05) is 13.7 Å². The van der Waals surface area contributed by atoms with Gasteiger partial charge in [-0.05, 0) is 49.1 Å². The van der Waals surface area contributed by atoms with E-state index in [-0.39, 0.29) is 23.8 Å². The number of benzene rings is 2. The minimum Gasteiger partial charge on any atom is -0.497 e. The van der Waals surface area contributed by atoms with Crippen LogP contribution in [0.4, 0.5) is 0 Å². The first-order chi connectivity index (χ1) is 12.9. The van der Waals surface area contributed by atoms with Crippen LogP contribution in [0, 0.1) is 6.92 Å². The SMILES string of the molecule is COc1ccc(CC(=O)OCC2(c3ccc(C)cc3OC(C)=O)CC2)cc1. The van der Waals surface area contributed by atoms with Crippen LogP contribution in [-0.4, -0.2) is 25.7 Å². The lowest BCUT2D eigenvalue weighted by atomic mass is 9.94. The summed E-state index contributed by atoms with van der Waals surface area (Å²) < 4.78 is 16.1. The predicted octanol–water partition coefficient (Wildman–Crippen LogP) is 3.75. The van der Waals surface area contributed by atoms with Gasteiger partial charge in [-0.3, -0.25) is 9.59 Å². The van der Waals surface area contributed by atoms with Gasteiger partial charge in [-0.2, -0.15) is 0 Å². The van der Waals surface area contributed by atoms with Crippen molar-refractivity contribution in [3.8, 4) is 11.5 Å². The summed E-state index contributed by atoms with van der Waals surface area (Å²) in [5, 5.41) is 0. The van der Waals surface area contributed by atoms with Crippen LogP contribution < -0.4 is 9.47 Å². The number of esters is 2. The van der Waals surface area contributed by atoms with Gasteiger partial charge < -0.3 is 14.2 Å². The molecular weight excluding hydrogens is 344 g/mol. The van der Waals surface area contributed by atoms with E-state index in [1.807, 2.05) is 49.4 Å². The Labute approximate surface area is 159 Å². The van der Waals surface area contributed by atoms with Gasteiger partial charge in [0, 0.05) is 17.9 Å². The van der Waals surface area contributed by atoms with Crippen molar-refractivity contribution in [1.82, 2.24) is 0 Å². The molecule has 0 unspecified atom stereocenters. The molecule has 27 heavy (non-hydrogen) atoms. The van der Waals surface area contributed by atoms with Gasteiger partial charge >= 0.3 is 11.9 Å². The van der Waals surface area contributed by atoms with Gasteiger partial charge in [0.2, 0.25) is 0 Å². The molecule has 142 valence electrons. The molecule has 5 heteroatoms. The molecular formula is C22H24O5. The summed E-state index contributed by atoms with van der Waals surface area (Å²) >= 11 is 0. The van der Waals surface area contributed by atoms with E-state index in [0.29, 0.717) is 12.4 Å². The summed E-state index contributed by atoms with van der Waals surface area (Å²) in [7, 11) is 1.60. The number of ether oxygens (including phenoxy) is 3. The number of aryl methyl sites for hydroxylation is 1. The van der Waals surface area contributed by atoms with Crippen molar-refractivity contribution in [2.45, 2.75) is 38.5 Å². The van der Waals surface area contributed by atoms with Crippen LogP contribution in [0.25, 0.3) is 0 Å². The molecule has 1 fully saturated rings. The number of carbonyl (C=O) groups is 2. The van der Waals surface area contributed by atoms with Gasteiger partial charge in [0.25, 0.3) is 0 Å². The second-order valence-electron chi connectivity index (χ2n) is 7.06. The van der Waals surface area contributed by atoms with Gasteiger partial charge in [-0.25, -0.2) is 0 Å². The number of hydrogen-bond donors (Lipinski definition) is 0. The highest BCUT2D eigenvalue weighted by Gasteiger charge is 2.47. The molecule has 0 saturated heterocycles. The first kappa shape index (κ1) is 19.0. The van der Waals surface area contributed by atoms with Crippen molar-refractivity contribution < 1.29 is 23.8 Å². The standard InChI is InChI=1S/C22H24O5/c1-15-4-9-19(20(12-15)27-16(2)23)22(10-11-22)14-26-21(24)13-17-5-7-18(25-3)8-6-17/h4-9,12H,10-11,13-14H2,1-3H3. The van der Waals surface area contributed by atoms with Gasteiger partial charge in [0.15, 0.2) is 0 Å². The Morgan fingerprint density at radius 1 is 1.07 bits per heavy atom. The summed E-state index contributed by atoms with van der Waals surface area (Å²) in [5.41, 5.74) is 2.57. The Morgan fingerprint density at radius 2 is 1.78 bits per heavy atom. The van der Waals surface area contributed by atoms with Crippen molar-refractivity contribution in [2.24, 2.45) is 0 Å². The molecule has 0 N–H and O–H groups in total. The zero-order valence-corrected chi connectivity index (χ0v) is 15.9. The molecule has 0 amide bonds. The zero-order chi connectivity index (χ0) is 19.4. The third kappa shape index (κ3) is 4.67. The van der Waals surface area contributed by atoms with Gasteiger partial charge in [-0.1, -0.05) is 24.3 Å². The fraction of sp³-hybridized carbons (Fsp3) is 0.364. The number of carbonyl (C=O) groups excluding carboxylic acids is 2. The lowest BCUT2D eigenvalue weighted by Gasteiger charge is -2.19. The van der Waals surface area contributed by atoms with E-state index in [0.717, 1.165) is 35.3 Å². The van der Waals surface area contributed by atoms with Crippen LogP contribution in [0.3, 0.4) is 0 Å². The van der Waals surface area contributed by atoms with Crippen LogP contribution in [0.5, 0.6) is 11.5 Å². The molecule has 0 radical (unpaired) electrons. The lowest BCUT2D eigenvalue weighted by molar-refractivity contribution is -0.143. The molecule has 0 spiro atoms. The smallest absolute Gasteiger partial charge is 0.310 e. The van der Waals surface area contributed by atoms with Gasteiger partial charge in [0.05, 0.1) is 13.5 Å². The first-order valence-electron chi connectivity index (χ1n) is 9.00. The van der Waals surface area contributed by atoms with E-state index >= 15 is 0 Å². The molecule has 0 bridgehead atoms. The maximum absolute atomic E-state index is 12.3. The zero-order valence-electron chi connectivity index (χ0n) is 15.9. The molecule has 5 nitrogen and oxygen atoms in total. The predicted molar refractivity (Wildman–Crippen MR) is 101 cm³/mol. The topological polar surface area (TPSA) is 61.8 Å². The summed E-state index contributed by atoms with van der Waals surface area (Å²) in [6.07, 6.45) is 2.02. The van der Waals surface area contributed by atoms with Crippen LogP contribution >= 0.6 is 0 Å². The summed E-state index contributed by atoms with van der Waals surface area (Å²) in [4.78, 5) is 23.7. The maximum atomic E-state index is 12.3. The summed E-state index contributed by atoms with van der Waals surface area (Å²) in [5.74, 6) is 0.689. The summed E-state index contributed by atoms with van der Waals surface area (Å²) in [6, 6.07) is 13.2. The molecule has 2 aromatic rings. The highest BCUT2D eigenvalue weighted by Crippen LogP contribution is 2.51. The first-order valence-corrected chi connectivity index (χ1v) is 9.00. The number of methoxy groups -OCH3 is 1. The van der Waals surface area contributed by atoms with E-state index < -0.39 is 0 Å². The number of hydrogen-bond acceptors (Lipinski definition) is 5. The van der Waals surface area contributed by atoms with Crippen LogP contribution in [0.2, 0.25) is 0 Å². The van der Waals surface area contributed by atoms with Gasteiger partial charge in [0.1, 0.15) is 18.1 Å². The minimum atomic E-state index is -0.353. The third-order valence-corrected chi connectivity index (χ3v) is 4.83. The second kappa shape index (κ2) is 7.82. The molecule has 0 aromatic heterocycles. The van der Waals surface area contributed by atoms with Crippen LogP contribution in [0.15, 0.2) is 42.5 Å². The van der Waals surface area contributed by atoms with Crippen molar-refractivity contribution in [3.63, 3.8) is 0 Å². The van der Waals surface area contributed by atoms with E-state index in [1.54, 1.807) is 7.11 Å². The molecule has 1 aliphatic rings. The Morgan fingerprint density at radius 3 is 2.37 bits per heavy atom. The number of rotatable bonds is 7. The normalized spacial score (nSPS) is 14.3. The Balaban J connectivity index is 1.65. The molecule has 0 atom stereocenters. The highest BCUT2D eigenvalue weighted by molar-refractivity contribution is 5.73. The van der Waals surface area contributed by atoms with E-state index in [1.165, 1.54) is 6.92 Å². The molecule has 1 saturated carbocycles. The minimum absolute atomic E-state index is 0.213. The van der Waals surface area contributed by atoms with E-state index in [4.69, 9.17) is 14.2 Å². The summed E-state index contributed by atoms with van der Waals surface area (Å²) in [6.45, 7) is 3.63. The van der Waals surface area contributed by atoms with Gasteiger partial charge in [-0.15, -0.1) is 0 Å². The molecule has 1 aliphatic carbocycles. The molecule has 2 aromatic carbocycles. The fourth-order valence-electron chi connectivity index (χ4n) is 3.13. The Hall–Kier alpha value is -2.82. The van der Waals surface area contributed by atoms with E-state index in [9.17, 15) is 9.59 Å². The average Bonchev–Trinajstić information content (AvgIpc) is 3.41. The molecule has 3 rings (SSSR count). The lowest BCUT2D eigenvalue weighted by Crippen LogP contribution is -2.21. The van der Waals surface area contributed by atoms with Crippen LogP contribution in [-0.2, 0) is 26.2 Å². The molecule has 0 heterocycles. The highest BCUT2D eigenvalue weighted by atomic mass is 16.5. The maximum Gasteiger partial charge on any atom is 0.310 e. The van der Waals surface area contributed by atoms with Crippen LogP contribution in [0.1, 0.15) is 36.5 Å². The largest absolute Gasteiger partial charge is 0.497 e. The van der Waals surface area contributed by atoms with Crippen molar-refractivity contribution in [3.05, 3.63) is 59.2 Å². The quantitative estimate of drug-likeness (QED) is 0.550. The van der Waals surface area contributed by atoms with E-state index in [2.05, 4.69) is 0 Å². The Bertz CT molecular complexity index is 834. The fourth-order valence-corrected chi connectivity index (χ4v) is 3.13. The molecule has 0 aliphatic heterocycles. The monoisotopic (exact) mass is 368 g/mol.